The van der Waals surface area contributed by atoms with Crippen LogP contribution >= 0.6 is 24.0 Å². The van der Waals surface area contributed by atoms with Gasteiger partial charge in [0.15, 0.2) is 11.6 Å². The maximum absolute atomic E-state index is 13.1. The first-order valence-corrected chi connectivity index (χ1v) is 5.23. The molecule has 0 spiro atoms. The molecule has 1 rings (SSSR count). The van der Waals surface area contributed by atoms with E-state index < -0.39 is 17.6 Å². The molecule has 0 fully saturated rings. The molecule has 1 atom stereocenters. The second-order valence-electron chi connectivity index (χ2n) is 4.06. The third kappa shape index (κ3) is 3.81. The SMILES string of the molecule is CC(C)C[C@@H](N)c1cc(Cl)cc(F)c1O.Cl. The van der Waals surface area contributed by atoms with Gasteiger partial charge in [0.05, 0.1) is 0 Å². The fraction of sp³-hybridized carbons (Fsp3) is 0.455. The summed E-state index contributed by atoms with van der Waals surface area (Å²) in [6.45, 7) is 4.02. The summed E-state index contributed by atoms with van der Waals surface area (Å²) in [4.78, 5) is 0. The van der Waals surface area contributed by atoms with E-state index in [1.165, 1.54) is 6.07 Å². The Hall–Kier alpha value is -0.510. The van der Waals surface area contributed by atoms with Crippen molar-refractivity contribution < 1.29 is 9.50 Å². The molecule has 0 saturated heterocycles. The van der Waals surface area contributed by atoms with Gasteiger partial charge in [-0.05, 0) is 24.5 Å². The molecule has 1 aromatic carbocycles. The standard InChI is InChI=1S/C11H15ClFNO.ClH/c1-6(2)3-10(14)8-4-7(12)5-9(13)11(8)15;/h4-6,10,15H,3,14H2,1-2H3;1H/t10-;/m1./s1. The molecule has 1 aromatic rings. The lowest BCUT2D eigenvalue weighted by Crippen LogP contribution is -2.13. The number of rotatable bonds is 3. The number of hydrogen-bond donors (Lipinski definition) is 2. The summed E-state index contributed by atoms with van der Waals surface area (Å²) >= 11 is 5.70. The lowest BCUT2D eigenvalue weighted by Gasteiger charge is -2.16. The zero-order chi connectivity index (χ0) is 11.6. The Morgan fingerprint density at radius 1 is 1.44 bits per heavy atom. The average molecular weight is 268 g/mol. The molecule has 0 heterocycles. The normalized spacial score (nSPS) is 12.4. The summed E-state index contributed by atoms with van der Waals surface area (Å²) in [7, 11) is 0. The van der Waals surface area contributed by atoms with Gasteiger partial charge in [-0.3, -0.25) is 0 Å². The minimum absolute atomic E-state index is 0. The molecule has 92 valence electrons. The number of nitrogens with two attached hydrogens (primary N) is 1. The summed E-state index contributed by atoms with van der Waals surface area (Å²) in [5.41, 5.74) is 6.22. The van der Waals surface area contributed by atoms with E-state index in [2.05, 4.69) is 0 Å². The van der Waals surface area contributed by atoms with E-state index >= 15 is 0 Å². The van der Waals surface area contributed by atoms with Crippen LogP contribution in [0.3, 0.4) is 0 Å². The number of hydrogen-bond acceptors (Lipinski definition) is 2. The minimum Gasteiger partial charge on any atom is -0.505 e. The van der Waals surface area contributed by atoms with Gasteiger partial charge in [0.1, 0.15) is 0 Å². The topological polar surface area (TPSA) is 46.2 Å². The van der Waals surface area contributed by atoms with Crippen LogP contribution in [0.25, 0.3) is 0 Å². The monoisotopic (exact) mass is 267 g/mol. The van der Waals surface area contributed by atoms with Crippen LogP contribution in [0.5, 0.6) is 5.75 Å². The van der Waals surface area contributed by atoms with Crippen molar-refractivity contribution in [1.29, 1.82) is 0 Å². The second-order valence-corrected chi connectivity index (χ2v) is 4.50. The van der Waals surface area contributed by atoms with E-state index in [-0.39, 0.29) is 17.4 Å². The van der Waals surface area contributed by atoms with Crippen molar-refractivity contribution in [2.45, 2.75) is 26.3 Å². The van der Waals surface area contributed by atoms with E-state index in [1.807, 2.05) is 13.8 Å². The van der Waals surface area contributed by atoms with E-state index in [1.54, 1.807) is 0 Å². The molecule has 5 heteroatoms. The van der Waals surface area contributed by atoms with Gasteiger partial charge >= 0.3 is 0 Å². The number of halogens is 3. The molecular weight excluding hydrogens is 252 g/mol. The molecule has 2 nitrogen and oxygen atoms in total. The highest BCUT2D eigenvalue weighted by Gasteiger charge is 2.16. The number of benzene rings is 1. The van der Waals surface area contributed by atoms with Crippen LogP contribution in [0.2, 0.25) is 5.02 Å². The van der Waals surface area contributed by atoms with Crippen LogP contribution in [0.4, 0.5) is 4.39 Å². The Morgan fingerprint density at radius 3 is 2.50 bits per heavy atom. The molecular formula is C11H16Cl2FNO. The van der Waals surface area contributed by atoms with E-state index in [0.717, 1.165) is 6.07 Å². The summed E-state index contributed by atoms with van der Waals surface area (Å²) in [5.74, 6) is -0.745. The third-order valence-electron chi connectivity index (χ3n) is 2.18. The number of phenolic OH excluding ortho intramolecular Hbond substituents is 1. The van der Waals surface area contributed by atoms with Crippen LogP contribution in [-0.2, 0) is 0 Å². The number of phenols is 1. The summed E-state index contributed by atoms with van der Waals surface area (Å²) in [6, 6.07) is 2.19. The quantitative estimate of drug-likeness (QED) is 0.878. The smallest absolute Gasteiger partial charge is 0.166 e. The van der Waals surface area contributed by atoms with Crippen LogP contribution < -0.4 is 5.73 Å². The van der Waals surface area contributed by atoms with Gasteiger partial charge in [-0.2, -0.15) is 0 Å². The van der Waals surface area contributed by atoms with Gasteiger partial charge in [0, 0.05) is 16.6 Å². The first kappa shape index (κ1) is 15.5. The van der Waals surface area contributed by atoms with Gasteiger partial charge in [-0.1, -0.05) is 25.4 Å². The molecule has 0 amide bonds. The van der Waals surface area contributed by atoms with Crippen LogP contribution in [0.1, 0.15) is 31.9 Å². The largest absolute Gasteiger partial charge is 0.505 e. The van der Waals surface area contributed by atoms with Crippen molar-refractivity contribution in [2.24, 2.45) is 11.7 Å². The van der Waals surface area contributed by atoms with Crippen LogP contribution in [-0.4, -0.2) is 5.11 Å². The highest BCUT2D eigenvalue weighted by atomic mass is 35.5. The molecule has 0 saturated carbocycles. The molecule has 0 aromatic heterocycles. The van der Waals surface area contributed by atoms with Gasteiger partial charge in [-0.15, -0.1) is 12.4 Å². The summed E-state index contributed by atoms with van der Waals surface area (Å²) in [5, 5.41) is 9.74. The van der Waals surface area contributed by atoms with E-state index in [9.17, 15) is 9.50 Å². The zero-order valence-electron chi connectivity index (χ0n) is 9.21. The Kier molecular flexibility index (Phi) is 6.08. The van der Waals surface area contributed by atoms with Gasteiger partial charge in [0.2, 0.25) is 0 Å². The molecule has 0 aliphatic carbocycles. The Balaban J connectivity index is 0.00000225. The fourth-order valence-corrected chi connectivity index (χ4v) is 1.72. The zero-order valence-corrected chi connectivity index (χ0v) is 10.8. The molecule has 0 radical (unpaired) electrons. The molecule has 0 aliphatic rings. The number of aromatic hydroxyl groups is 1. The van der Waals surface area contributed by atoms with E-state index in [4.69, 9.17) is 17.3 Å². The van der Waals surface area contributed by atoms with Crippen molar-refractivity contribution in [2.75, 3.05) is 0 Å². The predicted molar refractivity (Wildman–Crippen MR) is 66.7 cm³/mol. The van der Waals surface area contributed by atoms with Gasteiger partial charge in [-0.25, -0.2) is 4.39 Å². The van der Waals surface area contributed by atoms with Crippen LogP contribution in [0, 0.1) is 11.7 Å². The molecule has 16 heavy (non-hydrogen) atoms. The van der Waals surface area contributed by atoms with Crippen molar-refractivity contribution in [1.82, 2.24) is 0 Å². The Morgan fingerprint density at radius 2 is 2.00 bits per heavy atom. The lowest BCUT2D eigenvalue weighted by molar-refractivity contribution is 0.411. The molecule has 0 unspecified atom stereocenters. The van der Waals surface area contributed by atoms with Crippen molar-refractivity contribution in [3.05, 3.63) is 28.5 Å². The van der Waals surface area contributed by atoms with Crippen LogP contribution in [0.15, 0.2) is 12.1 Å². The van der Waals surface area contributed by atoms with Crippen molar-refractivity contribution >= 4 is 24.0 Å². The highest BCUT2D eigenvalue weighted by Crippen LogP contribution is 2.32. The van der Waals surface area contributed by atoms with Gasteiger partial charge in [0.25, 0.3) is 0 Å². The first-order valence-electron chi connectivity index (χ1n) is 4.85. The second kappa shape index (κ2) is 6.28. The fourth-order valence-electron chi connectivity index (χ4n) is 1.50. The minimum atomic E-state index is -0.725. The Labute approximate surface area is 106 Å². The molecule has 0 aliphatic heterocycles. The average Bonchev–Trinajstić information content (AvgIpc) is 2.09. The molecule has 0 bridgehead atoms. The summed E-state index contributed by atoms with van der Waals surface area (Å²) in [6.07, 6.45) is 0.674. The maximum Gasteiger partial charge on any atom is 0.166 e. The first-order chi connectivity index (χ1) is 6.91. The van der Waals surface area contributed by atoms with Gasteiger partial charge < -0.3 is 10.8 Å². The maximum atomic E-state index is 13.1. The molecule has 3 N–H and O–H groups in total. The third-order valence-corrected chi connectivity index (χ3v) is 2.40. The van der Waals surface area contributed by atoms with E-state index in [0.29, 0.717) is 17.9 Å². The lowest BCUT2D eigenvalue weighted by atomic mass is 9.97. The van der Waals surface area contributed by atoms with Crippen molar-refractivity contribution in [3.8, 4) is 5.75 Å². The highest BCUT2D eigenvalue weighted by molar-refractivity contribution is 6.30. The van der Waals surface area contributed by atoms with Crippen molar-refractivity contribution in [3.63, 3.8) is 0 Å². The Bertz CT molecular complexity index is 358. The predicted octanol–water partition coefficient (Wildman–Crippen LogP) is 3.65. The summed E-state index contributed by atoms with van der Waals surface area (Å²) < 4.78 is 13.1.